The Kier molecular flexibility index (Phi) is 4.61. The maximum Gasteiger partial charge on any atom is 0.293 e. The van der Waals surface area contributed by atoms with Gasteiger partial charge in [-0.3, -0.25) is 4.79 Å². The van der Waals surface area contributed by atoms with Crippen LogP contribution in [0.25, 0.3) is 0 Å². The average molecular weight is 126 g/mol. The van der Waals surface area contributed by atoms with Crippen molar-refractivity contribution in [3.63, 3.8) is 0 Å². The fraction of sp³-hybridized carbons (Fsp3) is 0.571. The van der Waals surface area contributed by atoms with Crippen LogP contribution in [-0.4, -0.2) is 12.6 Å². The Labute approximate surface area is 55.2 Å². The molecule has 0 radical (unpaired) electrons. The number of ether oxygens (including phenoxy) is 1. The Morgan fingerprint density at radius 3 is 2.89 bits per heavy atom. The van der Waals surface area contributed by atoms with Gasteiger partial charge in [-0.25, -0.2) is 0 Å². The summed E-state index contributed by atoms with van der Waals surface area (Å²) in [4.78, 5) is 9.71. The van der Waals surface area contributed by atoms with Crippen LogP contribution in [0.1, 0.15) is 20.3 Å². The third-order valence-electron chi connectivity index (χ3n) is 0.854. The number of rotatable bonds is 3. The predicted molar refractivity (Wildman–Crippen MR) is 34.7 cm³/mol. The highest BCUT2D eigenvalue weighted by atomic mass is 16.5. The SMILES string of the molecule is CC#CCC(C)OC=O. The lowest BCUT2D eigenvalue weighted by Gasteiger charge is -2.02. The first kappa shape index (κ1) is 8.03. The van der Waals surface area contributed by atoms with Crippen molar-refractivity contribution < 1.29 is 9.53 Å². The van der Waals surface area contributed by atoms with Crippen LogP contribution in [0.4, 0.5) is 0 Å². The molecular formula is C7H10O2. The molecule has 0 aromatic rings. The summed E-state index contributed by atoms with van der Waals surface area (Å²) in [5.41, 5.74) is 0. The summed E-state index contributed by atoms with van der Waals surface area (Å²) in [5, 5.41) is 0. The maximum atomic E-state index is 9.71. The minimum Gasteiger partial charge on any atom is -0.464 e. The molecule has 1 unspecified atom stereocenters. The maximum absolute atomic E-state index is 9.71. The molecule has 0 aliphatic heterocycles. The molecule has 0 rings (SSSR count). The van der Waals surface area contributed by atoms with E-state index in [1.54, 1.807) is 13.8 Å². The molecule has 0 aromatic carbocycles. The molecule has 0 heterocycles. The number of carbonyl (C=O) groups is 1. The van der Waals surface area contributed by atoms with E-state index in [0.717, 1.165) is 0 Å². The van der Waals surface area contributed by atoms with Crippen LogP contribution in [0, 0.1) is 11.8 Å². The molecule has 2 nitrogen and oxygen atoms in total. The van der Waals surface area contributed by atoms with Gasteiger partial charge in [-0.05, 0) is 13.8 Å². The molecule has 0 saturated heterocycles. The van der Waals surface area contributed by atoms with Gasteiger partial charge in [-0.2, -0.15) is 0 Å². The standard InChI is InChI=1S/C7H10O2/c1-3-4-5-7(2)9-6-8/h6-7H,5H2,1-2H3. The lowest BCUT2D eigenvalue weighted by Crippen LogP contribution is -2.04. The van der Waals surface area contributed by atoms with Crippen LogP contribution in [0.3, 0.4) is 0 Å². The van der Waals surface area contributed by atoms with E-state index in [1.165, 1.54) is 0 Å². The number of hydrogen-bond donors (Lipinski definition) is 0. The summed E-state index contributed by atoms with van der Waals surface area (Å²) in [6.45, 7) is 4.01. The molecule has 0 aliphatic rings. The van der Waals surface area contributed by atoms with Gasteiger partial charge in [0, 0.05) is 6.42 Å². The molecule has 2 heteroatoms. The molecule has 9 heavy (non-hydrogen) atoms. The second-order valence-corrected chi connectivity index (χ2v) is 1.67. The Morgan fingerprint density at radius 1 is 1.78 bits per heavy atom. The zero-order valence-corrected chi connectivity index (χ0v) is 5.68. The fourth-order valence-electron chi connectivity index (χ4n) is 0.389. The first-order valence-electron chi connectivity index (χ1n) is 2.80. The molecule has 0 aliphatic carbocycles. The summed E-state index contributed by atoms with van der Waals surface area (Å²) < 4.78 is 4.56. The zero-order valence-electron chi connectivity index (χ0n) is 5.68. The van der Waals surface area contributed by atoms with Crippen LogP contribution in [-0.2, 0) is 9.53 Å². The highest BCUT2D eigenvalue weighted by Crippen LogP contribution is 1.91. The molecule has 0 bridgehead atoms. The molecule has 0 spiro atoms. The van der Waals surface area contributed by atoms with Gasteiger partial charge in [0.2, 0.25) is 0 Å². The largest absolute Gasteiger partial charge is 0.464 e. The van der Waals surface area contributed by atoms with Gasteiger partial charge >= 0.3 is 0 Å². The van der Waals surface area contributed by atoms with Crippen LogP contribution in [0.15, 0.2) is 0 Å². The zero-order chi connectivity index (χ0) is 7.11. The van der Waals surface area contributed by atoms with Gasteiger partial charge in [0.15, 0.2) is 0 Å². The van der Waals surface area contributed by atoms with E-state index in [9.17, 15) is 4.79 Å². The Hall–Kier alpha value is -0.970. The topological polar surface area (TPSA) is 26.3 Å². The van der Waals surface area contributed by atoms with Crippen LogP contribution < -0.4 is 0 Å². The van der Waals surface area contributed by atoms with E-state index in [1.807, 2.05) is 0 Å². The Balaban J connectivity index is 3.33. The van der Waals surface area contributed by atoms with Crippen molar-refractivity contribution in [1.29, 1.82) is 0 Å². The van der Waals surface area contributed by atoms with Crippen molar-refractivity contribution in [2.45, 2.75) is 26.4 Å². The van der Waals surface area contributed by atoms with E-state index in [4.69, 9.17) is 0 Å². The number of carbonyl (C=O) groups excluding carboxylic acids is 1. The fourth-order valence-corrected chi connectivity index (χ4v) is 0.389. The van der Waals surface area contributed by atoms with Crippen molar-refractivity contribution in [3.8, 4) is 11.8 Å². The van der Waals surface area contributed by atoms with Crippen molar-refractivity contribution in [3.05, 3.63) is 0 Å². The van der Waals surface area contributed by atoms with Crippen LogP contribution in [0.5, 0.6) is 0 Å². The minimum atomic E-state index is -0.0741. The molecule has 0 fully saturated rings. The van der Waals surface area contributed by atoms with Gasteiger partial charge in [0.05, 0.1) is 0 Å². The molecule has 50 valence electrons. The highest BCUT2D eigenvalue weighted by molar-refractivity contribution is 5.37. The molecule has 0 aromatic heterocycles. The van der Waals surface area contributed by atoms with Gasteiger partial charge in [-0.1, -0.05) is 5.92 Å². The predicted octanol–water partition coefficient (Wildman–Crippen LogP) is 0.961. The third kappa shape index (κ3) is 4.89. The lowest BCUT2D eigenvalue weighted by molar-refractivity contribution is -0.132. The van der Waals surface area contributed by atoms with E-state index in [-0.39, 0.29) is 6.10 Å². The quantitative estimate of drug-likeness (QED) is 0.416. The first-order chi connectivity index (χ1) is 4.31. The summed E-state index contributed by atoms with van der Waals surface area (Å²) in [5.74, 6) is 5.51. The van der Waals surface area contributed by atoms with Crippen molar-refractivity contribution in [2.24, 2.45) is 0 Å². The second kappa shape index (κ2) is 5.17. The molecule has 1 atom stereocenters. The van der Waals surface area contributed by atoms with E-state index in [2.05, 4.69) is 16.6 Å². The van der Waals surface area contributed by atoms with Crippen molar-refractivity contribution in [1.82, 2.24) is 0 Å². The Morgan fingerprint density at radius 2 is 2.44 bits per heavy atom. The van der Waals surface area contributed by atoms with Crippen molar-refractivity contribution in [2.75, 3.05) is 0 Å². The van der Waals surface area contributed by atoms with Crippen molar-refractivity contribution >= 4 is 6.47 Å². The lowest BCUT2D eigenvalue weighted by atomic mass is 10.3. The van der Waals surface area contributed by atoms with E-state index < -0.39 is 0 Å². The van der Waals surface area contributed by atoms with Crippen LogP contribution >= 0.6 is 0 Å². The van der Waals surface area contributed by atoms with Gasteiger partial charge < -0.3 is 4.74 Å². The summed E-state index contributed by atoms with van der Waals surface area (Å²) in [6.07, 6.45) is 0.546. The first-order valence-corrected chi connectivity index (χ1v) is 2.80. The molecule has 0 amide bonds. The Bertz CT molecular complexity index is 130. The van der Waals surface area contributed by atoms with Gasteiger partial charge in [-0.15, -0.1) is 5.92 Å². The summed E-state index contributed by atoms with van der Waals surface area (Å²) >= 11 is 0. The van der Waals surface area contributed by atoms with E-state index >= 15 is 0 Å². The second-order valence-electron chi connectivity index (χ2n) is 1.67. The molecule has 0 N–H and O–H groups in total. The summed E-state index contributed by atoms with van der Waals surface area (Å²) in [6, 6.07) is 0. The van der Waals surface area contributed by atoms with Gasteiger partial charge in [0.1, 0.15) is 6.10 Å². The molecular weight excluding hydrogens is 116 g/mol. The normalized spacial score (nSPS) is 10.9. The minimum absolute atomic E-state index is 0.0741. The number of hydrogen-bond acceptors (Lipinski definition) is 2. The highest BCUT2D eigenvalue weighted by Gasteiger charge is 1.95. The van der Waals surface area contributed by atoms with E-state index in [0.29, 0.717) is 12.9 Å². The monoisotopic (exact) mass is 126 g/mol. The van der Waals surface area contributed by atoms with Crippen LogP contribution in [0.2, 0.25) is 0 Å². The smallest absolute Gasteiger partial charge is 0.293 e. The molecule has 0 saturated carbocycles. The summed E-state index contributed by atoms with van der Waals surface area (Å²) in [7, 11) is 0. The van der Waals surface area contributed by atoms with Gasteiger partial charge in [0.25, 0.3) is 6.47 Å². The third-order valence-corrected chi connectivity index (χ3v) is 0.854. The average Bonchev–Trinajstić information content (AvgIpc) is 1.85.